The number of nitrogens with zero attached hydrogens (tertiary/aromatic N) is 1. The quantitative estimate of drug-likeness (QED) is 0.803. The summed E-state index contributed by atoms with van der Waals surface area (Å²) in [6, 6.07) is 0. The van der Waals surface area contributed by atoms with Crippen LogP contribution < -0.4 is 5.32 Å². The number of rotatable bonds is 6. The van der Waals surface area contributed by atoms with Gasteiger partial charge in [0.2, 0.25) is 0 Å². The van der Waals surface area contributed by atoms with Crippen molar-refractivity contribution in [2.75, 3.05) is 32.7 Å². The largest absolute Gasteiger partial charge is 0.372 e. The average molecular weight is 282 g/mol. The second kappa shape index (κ2) is 6.73. The fraction of sp³-hybridized carbons (Fsp3) is 1.00. The minimum Gasteiger partial charge on any atom is -0.372 e. The van der Waals surface area contributed by atoms with Gasteiger partial charge in [0, 0.05) is 26.2 Å². The van der Waals surface area contributed by atoms with E-state index in [1.54, 1.807) is 0 Å². The Morgan fingerprint density at radius 3 is 2.40 bits per heavy atom. The minimum atomic E-state index is 0.427. The maximum atomic E-state index is 6.19. The van der Waals surface area contributed by atoms with Crippen LogP contribution in [-0.2, 0) is 9.47 Å². The molecule has 3 saturated heterocycles. The number of ether oxygens (including phenoxy) is 2. The fourth-order valence-electron chi connectivity index (χ4n) is 3.73. The van der Waals surface area contributed by atoms with Gasteiger partial charge < -0.3 is 14.8 Å². The van der Waals surface area contributed by atoms with Crippen LogP contribution in [-0.4, -0.2) is 62.0 Å². The van der Waals surface area contributed by atoms with Crippen molar-refractivity contribution in [3.05, 3.63) is 0 Å². The Kier molecular flexibility index (Phi) is 4.97. The van der Waals surface area contributed by atoms with Gasteiger partial charge in [0.05, 0.1) is 24.4 Å². The highest BCUT2D eigenvalue weighted by molar-refractivity contribution is 4.87. The number of hydrogen-bond donors (Lipinski definition) is 1. The topological polar surface area (TPSA) is 33.7 Å². The van der Waals surface area contributed by atoms with Crippen LogP contribution in [0.5, 0.6) is 0 Å². The van der Waals surface area contributed by atoms with Crippen molar-refractivity contribution >= 4 is 0 Å². The van der Waals surface area contributed by atoms with E-state index in [0.717, 1.165) is 38.6 Å². The molecule has 0 aromatic heterocycles. The number of hydrogen-bond acceptors (Lipinski definition) is 4. The van der Waals surface area contributed by atoms with E-state index in [-0.39, 0.29) is 0 Å². The lowest BCUT2D eigenvalue weighted by Gasteiger charge is -2.33. The molecule has 0 aliphatic carbocycles. The second-order valence-electron chi connectivity index (χ2n) is 7.19. The lowest BCUT2D eigenvalue weighted by Crippen LogP contribution is -2.45. The van der Waals surface area contributed by atoms with Crippen LogP contribution in [0.3, 0.4) is 0 Å². The molecule has 0 radical (unpaired) electrons. The standard InChI is InChI=1S/C16H30N2O2/c1-12(2)7-17-8-13-3-4-14(19-13)9-18-10-15-5-6-16(11-18)20-15/h12-17H,3-11H2,1-2H3. The summed E-state index contributed by atoms with van der Waals surface area (Å²) in [5, 5.41) is 3.52. The van der Waals surface area contributed by atoms with E-state index in [0.29, 0.717) is 24.4 Å². The van der Waals surface area contributed by atoms with E-state index in [1.807, 2.05) is 0 Å². The predicted octanol–water partition coefficient (Wildman–Crippen LogP) is 1.64. The molecule has 20 heavy (non-hydrogen) atoms. The zero-order valence-electron chi connectivity index (χ0n) is 13.0. The summed E-state index contributed by atoms with van der Waals surface area (Å²) in [5.41, 5.74) is 0. The van der Waals surface area contributed by atoms with Gasteiger partial charge in [-0.05, 0) is 38.1 Å². The Morgan fingerprint density at radius 1 is 1.00 bits per heavy atom. The van der Waals surface area contributed by atoms with Gasteiger partial charge in [-0.3, -0.25) is 4.90 Å². The number of nitrogens with one attached hydrogen (secondary N) is 1. The van der Waals surface area contributed by atoms with Crippen LogP contribution in [0.2, 0.25) is 0 Å². The smallest absolute Gasteiger partial charge is 0.0707 e. The Labute approximate surface area is 123 Å². The average Bonchev–Trinajstić information content (AvgIpc) is 2.96. The van der Waals surface area contributed by atoms with E-state index in [2.05, 4.69) is 24.1 Å². The maximum absolute atomic E-state index is 6.19. The van der Waals surface area contributed by atoms with Gasteiger partial charge in [-0.1, -0.05) is 13.8 Å². The third-order valence-electron chi connectivity index (χ3n) is 4.70. The predicted molar refractivity (Wildman–Crippen MR) is 79.9 cm³/mol. The SMILES string of the molecule is CC(C)CNCC1CCC(CN2CC3CCC(C2)O3)O1. The Hall–Kier alpha value is -0.160. The molecule has 0 aromatic rings. The molecule has 4 atom stereocenters. The van der Waals surface area contributed by atoms with Crippen LogP contribution in [0.25, 0.3) is 0 Å². The van der Waals surface area contributed by atoms with Crippen LogP contribution >= 0.6 is 0 Å². The molecule has 4 heteroatoms. The van der Waals surface area contributed by atoms with E-state index >= 15 is 0 Å². The molecule has 3 aliphatic heterocycles. The molecule has 3 rings (SSSR count). The summed E-state index contributed by atoms with van der Waals surface area (Å²) in [4.78, 5) is 2.57. The molecule has 3 aliphatic rings. The summed E-state index contributed by atoms with van der Waals surface area (Å²) in [5.74, 6) is 0.719. The van der Waals surface area contributed by atoms with E-state index in [4.69, 9.17) is 9.47 Å². The molecule has 116 valence electrons. The van der Waals surface area contributed by atoms with Gasteiger partial charge in [0.25, 0.3) is 0 Å². The zero-order chi connectivity index (χ0) is 13.9. The van der Waals surface area contributed by atoms with Crippen molar-refractivity contribution < 1.29 is 9.47 Å². The Bertz CT molecular complexity index is 299. The van der Waals surface area contributed by atoms with Crippen LogP contribution in [0.4, 0.5) is 0 Å². The first-order chi connectivity index (χ1) is 9.69. The third-order valence-corrected chi connectivity index (χ3v) is 4.70. The molecule has 0 amide bonds. The molecular formula is C16H30N2O2. The van der Waals surface area contributed by atoms with Crippen molar-refractivity contribution in [1.82, 2.24) is 10.2 Å². The normalized spacial score (nSPS) is 38.0. The zero-order valence-corrected chi connectivity index (χ0v) is 13.0. The molecule has 4 nitrogen and oxygen atoms in total. The summed E-state index contributed by atoms with van der Waals surface area (Å²) >= 11 is 0. The Balaban J connectivity index is 1.35. The van der Waals surface area contributed by atoms with Crippen molar-refractivity contribution in [2.45, 2.75) is 63.9 Å². The number of morpholine rings is 1. The second-order valence-corrected chi connectivity index (χ2v) is 7.19. The highest BCUT2D eigenvalue weighted by Gasteiger charge is 2.35. The molecule has 0 spiro atoms. The summed E-state index contributed by atoms with van der Waals surface area (Å²) < 4.78 is 12.1. The van der Waals surface area contributed by atoms with Gasteiger partial charge in [-0.2, -0.15) is 0 Å². The van der Waals surface area contributed by atoms with Crippen molar-refractivity contribution in [2.24, 2.45) is 5.92 Å². The first kappa shape index (κ1) is 14.8. The van der Waals surface area contributed by atoms with Crippen LogP contribution in [0.15, 0.2) is 0 Å². The lowest BCUT2D eigenvalue weighted by molar-refractivity contribution is -0.0572. The molecule has 0 saturated carbocycles. The molecule has 2 bridgehead atoms. The summed E-state index contributed by atoms with van der Waals surface area (Å²) in [7, 11) is 0. The minimum absolute atomic E-state index is 0.427. The Morgan fingerprint density at radius 2 is 1.70 bits per heavy atom. The first-order valence-corrected chi connectivity index (χ1v) is 8.43. The van der Waals surface area contributed by atoms with Gasteiger partial charge in [-0.15, -0.1) is 0 Å². The molecule has 3 heterocycles. The van der Waals surface area contributed by atoms with E-state index < -0.39 is 0 Å². The van der Waals surface area contributed by atoms with Gasteiger partial charge in [-0.25, -0.2) is 0 Å². The van der Waals surface area contributed by atoms with Crippen molar-refractivity contribution in [3.63, 3.8) is 0 Å². The van der Waals surface area contributed by atoms with Crippen LogP contribution in [0, 0.1) is 5.92 Å². The molecular weight excluding hydrogens is 252 g/mol. The summed E-state index contributed by atoms with van der Waals surface area (Å²) in [6.07, 6.45) is 6.82. The van der Waals surface area contributed by atoms with Crippen molar-refractivity contribution in [1.29, 1.82) is 0 Å². The maximum Gasteiger partial charge on any atom is 0.0707 e. The molecule has 4 unspecified atom stereocenters. The van der Waals surface area contributed by atoms with Gasteiger partial charge in [0.15, 0.2) is 0 Å². The van der Waals surface area contributed by atoms with Crippen LogP contribution in [0.1, 0.15) is 39.5 Å². The lowest BCUT2D eigenvalue weighted by atomic mass is 10.1. The highest BCUT2D eigenvalue weighted by Crippen LogP contribution is 2.28. The molecule has 1 N–H and O–H groups in total. The fourth-order valence-corrected chi connectivity index (χ4v) is 3.73. The molecule has 3 fully saturated rings. The molecule has 0 aromatic carbocycles. The van der Waals surface area contributed by atoms with Crippen molar-refractivity contribution in [3.8, 4) is 0 Å². The highest BCUT2D eigenvalue weighted by atomic mass is 16.5. The van der Waals surface area contributed by atoms with Gasteiger partial charge >= 0.3 is 0 Å². The number of likely N-dealkylation sites (tertiary alicyclic amines) is 1. The van der Waals surface area contributed by atoms with E-state index in [9.17, 15) is 0 Å². The van der Waals surface area contributed by atoms with Gasteiger partial charge in [0.1, 0.15) is 0 Å². The third kappa shape index (κ3) is 3.94. The summed E-state index contributed by atoms with van der Waals surface area (Å²) in [6.45, 7) is 9.95. The number of fused-ring (bicyclic) bond motifs is 2. The first-order valence-electron chi connectivity index (χ1n) is 8.43. The van der Waals surface area contributed by atoms with E-state index in [1.165, 1.54) is 25.7 Å². The monoisotopic (exact) mass is 282 g/mol.